The van der Waals surface area contributed by atoms with Crippen molar-refractivity contribution in [3.05, 3.63) is 35.5 Å². The van der Waals surface area contributed by atoms with Crippen molar-refractivity contribution < 1.29 is 4.79 Å². The highest BCUT2D eigenvalue weighted by Gasteiger charge is 2.42. The number of carbonyl (C=O) groups is 1. The zero-order chi connectivity index (χ0) is 21.0. The van der Waals surface area contributed by atoms with Crippen LogP contribution in [0.5, 0.6) is 0 Å². The summed E-state index contributed by atoms with van der Waals surface area (Å²) >= 11 is 0. The van der Waals surface area contributed by atoms with Crippen molar-refractivity contribution in [1.82, 2.24) is 14.8 Å². The highest BCUT2D eigenvalue weighted by molar-refractivity contribution is 5.89. The molecule has 1 amide bonds. The molecule has 1 N–H and O–H groups in total. The fraction of sp³-hybridized carbons (Fsp3) is 0.654. The van der Waals surface area contributed by atoms with Crippen molar-refractivity contribution in [2.45, 2.75) is 83.3 Å². The second-order valence-corrected chi connectivity index (χ2v) is 10.6. The quantitative estimate of drug-likeness (QED) is 0.788. The van der Waals surface area contributed by atoms with E-state index in [0.717, 1.165) is 38.1 Å². The van der Waals surface area contributed by atoms with Gasteiger partial charge in [0.05, 0.1) is 5.92 Å². The van der Waals surface area contributed by atoms with Crippen LogP contribution in [0, 0.1) is 11.8 Å². The first-order chi connectivity index (χ1) is 14.4. The number of likely N-dealkylation sites (tertiary alicyclic amines) is 1. The second-order valence-electron chi connectivity index (χ2n) is 10.6. The number of nitrogens with one attached hydrogen (secondary N) is 1. The predicted octanol–water partition coefficient (Wildman–Crippen LogP) is 4.88. The second kappa shape index (κ2) is 7.71. The minimum atomic E-state index is 0.0968. The molecule has 162 valence electrons. The lowest BCUT2D eigenvalue weighted by Gasteiger charge is -2.45. The lowest BCUT2D eigenvalue weighted by Crippen LogP contribution is -2.52. The first-order valence-corrected chi connectivity index (χ1v) is 12.0. The summed E-state index contributed by atoms with van der Waals surface area (Å²) < 4.78 is 2.43. The molecule has 0 bridgehead atoms. The molecule has 2 aliphatic carbocycles. The van der Waals surface area contributed by atoms with E-state index < -0.39 is 0 Å². The molecule has 3 aliphatic rings. The molecule has 2 heterocycles. The van der Waals surface area contributed by atoms with Gasteiger partial charge in [-0.15, -0.1) is 0 Å². The van der Waals surface area contributed by atoms with E-state index in [9.17, 15) is 4.79 Å². The van der Waals surface area contributed by atoms with Crippen LogP contribution >= 0.6 is 0 Å². The summed E-state index contributed by atoms with van der Waals surface area (Å²) in [5.41, 5.74) is 4.32. The molecule has 0 spiro atoms. The van der Waals surface area contributed by atoms with Crippen LogP contribution in [0.1, 0.15) is 76.0 Å². The maximum absolute atomic E-state index is 13.2. The van der Waals surface area contributed by atoms with Gasteiger partial charge in [-0.25, -0.2) is 0 Å². The molecule has 5 rings (SSSR count). The minimum absolute atomic E-state index is 0.0968. The van der Waals surface area contributed by atoms with E-state index >= 15 is 0 Å². The molecule has 2 fully saturated rings. The van der Waals surface area contributed by atoms with Crippen LogP contribution in [0.2, 0.25) is 0 Å². The number of aromatic nitrogens is 1. The molecule has 4 nitrogen and oxygen atoms in total. The first-order valence-electron chi connectivity index (χ1n) is 12.0. The molecule has 30 heavy (non-hydrogen) atoms. The van der Waals surface area contributed by atoms with Crippen LogP contribution in [0.15, 0.2) is 24.4 Å². The maximum atomic E-state index is 13.2. The van der Waals surface area contributed by atoms with Gasteiger partial charge in [0.25, 0.3) is 0 Å². The Morgan fingerprint density at radius 1 is 1.17 bits per heavy atom. The number of benzene rings is 1. The summed E-state index contributed by atoms with van der Waals surface area (Å²) in [6, 6.07) is 8.17. The third kappa shape index (κ3) is 3.37. The van der Waals surface area contributed by atoms with Crippen molar-refractivity contribution in [3.8, 4) is 0 Å². The maximum Gasteiger partial charge on any atom is 0.224 e. The zero-order valence-corrected chi connectivity index (χ0v) is 19.0. The topological polar surface area (TPSA) is 37.3 Å². The molecule has 0 unspecified atom stereocenters. The lowest BCUT2D eigenvalue weighted by atomic mass is 9.72. The van der Waals surface area contributed by atoms with Gasteiger partial charge in [-0.3, -0.25) is 4.79 Å². The summed E-state index contributed by atoms with van der Waals surface area (Å²) in [5.74, 6) is 1.65. The van der Waals surface area contributed by atoms with Crippen LogP contribution in [-0.2, 0) is 11.2 Å². The van der Waals surface area contributed by atoms with Crippen LogP contribution in [0.4, 0.5) is 0 Å². The summed E-state index contributed by atoms with van der Waals surface area (Å²) in [6.45, 7) is 7.74. The molecule has 1 saturated heterocycles. The molecule has 2 aromatic rings. The van der Waals surface area contributed by atoms with Crippen LogP contribution in [-0.4, -0.2) is 41.1 Å². The van der Waals surface area contributed by atoms with Crippen molar-refractivity contribution >= 4 is 16.8 Å². The Hall–Kier alpha value is -1.81. The smallest absolute Gasteiger partial charge is 0.224 e. The van der Waals surface area contributed by atoms with Gasteiger partial charge in [0.1, 0.15) is 0 Å². The van der Waals surface area contributed by atoms with Crippen LogP contribution < -0.4 is 5.32 Å². The average Bonchev–Trinajstić information content (AvgIpc) is 3.10. The third-order valence-electron chi connectivity index (χ3n) is 8.16. The Balaban J connectivity index is 1.40. The zero-order valence-electron chi connectivity index (χ0n) is 19.0. The monoisotopic (exact) mass is 407 g/mol. The van der Waals surface area contributed by atoms with Gasteiger partial charge in [-0.1, -0.05) is 19.1 Å². The number of fused-ring (bicyclic) bond motifs is 2. The fourth-order valence-corrected chi connectivity index (χ4v) is 6.41. The van der Waals surface area contributed by atoms with E-state index in [1.807, 2.05) is 0 Å². The van der Waals surface area contributed by atoms with Gasteiger partial charge >= 0.3 is 0 Å². The van der Waals surface area contributed by atoms with Crippen molar-refractivity contribution in [1.29, 1.82) is 0 Å². The van der Waals surface area contributed by atoms with E-state index in [-0.39, 0.29) is 11.8 Å². The van der Waals surface area contributed by atoms with E-state index in [2.05, 4.69) is 67.0 Å². The molecule has 3 atom stereocenters. The molecule has 0 radical (unpaired) electrons. The molecule has 1 saturated carbocycles. The highest BCUT2D eigenvalue weighted by Crippen LogP contribution is 2.45. The SMILES string of the molecule is CC1CCC(NC(=O)[C@@H]2C[C@@H]3c4cccc5c4c(cn5C(C)C)C[C@H]3N(C)C2)CC1. The standard InChI is InChI=1S/C26H37N3O/c1-16(2)29-15-18-13-24-22(21-6-5-7-23(29)25(18)21)12-19(14-28(24)4)26(30)27-20-10-8-17(3)9-11-20/h5-7,15-17,19-20,22,24H,8-14H2,1-4H3,(H,27,30)/t17?,19-,20?,22-,24-/m1/s1. The Bertz CT molecular complexity index is 937. The van der Waals surface area contributed by atoms with Gasteiger partial charge < -0.3 is 14.8 Å². The molecule has 1 aromatic carbocycles. The van der Waals surface area contributed by atoms with Gasteiger partial charge in [0, 0.05) is 47.7 Å². The summed E-state index contributed by atoms with van der Waals surface area (Å²) in [5, 5.41) is 4.88. The third-order valence-corrected chi connectivity index (χ3v) is 8.16. The van der Waals surface area contributed by atoms with Crippen LogP contribution in [0.25, 0.3) is 10.9 Å². The number of piperidine rings is 1. The van der Waals surface area contributed by atoms with Crippen molar-refractivity contribution in [2.24, 2.45) is 11.8 Å². The van der Waals surface area contributed by atoms with E-state index in [4.69, 9.17) is 0 Å². The van der Waals surface area contributed by atoms with Crippen LogP contribution in [0.3, 0.4) is 0 Å². The number of likely N-dealkylation sites (N-methyl/N-ethyl adjacent to an activating group) is 1. The van der Waals surface area contributed by atoms with Gasteiger partial charge in [0.15, 0.2) is 0 Å². The molecule has 1 aliphatic heterocycles. The molecule has 1 aromatic heterocycles. The number of rotatable bonds is 3. The first kappa shape index (κ1) is 20.1. The number of nitrogens with zero attached hydrogens (tertiary/aromatic N) is 2. The van der Waals surface area contributed by atoms with E-state index in [1.54, 1.807) is 0 Å². The van der Waals surface area contributed by atoms with E-state index in [1.165, 1.54) is 34.9 Å². The van der Waals surface area contributed by atoms with Gasteiger partial charge in [-0.2, -0.15) is 0 Å². The normalized spacial score (nSPS) is 31.7. The number of hydrogen-bond donors (Lipinski definition) is 1. The van der Waals surface area contributed by atoms with Gasteiger partial charge in [-0.05, 0) is 82.5 Å². The highest BCUT2D eigenvalue weighted by atomic mass is 16.2. The Kier molecular flexibility index (Phi) is 5.17. The minimum Gasteiger partial charge on any atom is -0.353 e. The molecular weight excluding hydrogens is 370 g/mol. The largest absolute Gasteiger partial charge is 0.353 e. The lowest BCUT2D eigenvalue weighted by molar-refractivity contribution is -0.128. The average molecular weight is 408 g/mol. The summed E-state index contributed by atoms with van der Waals surface area (Å²) in [7, 11) is 2.23. The molecular formula is C26H37N3O. The van der Waals surface area contributed by atoms with E-state index in [0.29, 0.717) is 24.0 Å². The molecule has 4 heteroatoms. The van der Waals surface area contributed by atoms with Crippen molar-refractivity contribution in [2.75, 3.05) is 13.6 Å². The predicted molar refractivity (Wildman–Crippen MR) is 123 cm³/mol. The number of amides is 1. The van der Waals surface area contributed by atoms with Gasteiger partial charge in [0.2, 0.25) is 5.91 Å². The number of carbonyl (C=O) groups excluding carboxylic acids is 1. The fourth-order valence-electron chi connectivity index (χ4n) is 6.41. The van der Waals surface area contributed by atoms with Crippen molar-refractivity contribution in [3.63, 3.8) is 0 Å². The summed E-state index contributed by atoms with van der Waals surface area (Å²) in [4.78, 5) is 15.7. The Labute approximate surface area is 181 Å². The number of hydrogen-bond acceptors (Lipinski definition) is 2. The summed E-state index contributed by atoms with van der Waals surface area (Å²) in [6.07, 6.45) is 9.25. The Morgan fingerprint density at radius 2 is 1.93 bits per heavy atom. The Morgan fingerprint density at radius 3 is 2.67 bits per heavy atom.